The van der Waals surface area contributed by atoms with Gasteiger partial charge in [0.15, 0.2) is 0 Å². The van der Waals surface area contributed by atoms with E-state index < -0.39 is 10.0 Å². The third-order valence-corrected chi connectivity index (χ3v) is 4.53. The summed E-state index contributed by atoms with van der Waals surface area (Å²) in [6.07, 6.45) is 3.03. The van der Waals surface area contributed by atoms with Crippen molar-refractivity contribution in [2.24, 2.45) is 0 Å². The zero-order valence-corrected chi connectivity index (χ0v) is 10.2. The lowest BCUT2D eigenvalue weighted by atomic mass is 10.2. The quantitative estimate of drug-likeness (QED) is 0.804. The first-order valence-corrected chi connectivity index (χ1v) is 7.09. The van der Waals surface area contributed by atoms with Gasteiger partial charge in [-0.2, -0.15) is 0 Å². The third kappa shape index (κ3) is 2.62. The van der Waals surface area contributed by atoms with E-state index >= 15 is 0 Å². The van der Waals surface area contributed by atoms with Gasteiger partial charge in [-0.15, -0.1) is 0 Å². The average molecular weight is 244 g/mol. The van der Waals surface area contributed by atoms with Gasteiger partial charge < -0.3 is 4.52 Å². The molecule has 0 amide bonds. The van der Waals surface area contributed by atoms with E-state index in [0.29, 0.717) is 24.5 Å². The summed E-state index contributed by atoms with van der Waals surface area (Å²) in [6, 6.07) is 1.67. The molecule has 1 aliphatic rings. The van der Waals surface area contributed by atoms with Crippen molar-refractivity contribution < 1.29 is 12.9 Å². The highest BCUT2D eigenvalue weighted by Crippen LogP contribution is 2.16. The minimum Gasteiger partial charge on any atom is -0.361 e. The lowest BCUT2D eigenvalue weighted by Crippen LogP contribution is -2.36. The molecule has 0 aromatic carbocycles. The minimum absolute atomic E-state index is 0.0513. The van der Waals surface area contributed by atoms with E-state index in [1.807, 2.05) is 0 Å². The lowest BCUT2D eigenvalue weighted by Gasteiger charge is -2.25. The van der Waals surface area contributed by atoms with E-state index in [9.17, 15) is 8.42 Å². The molecule has 0 N–H and O–H groups in total. The second-order valence-electron chi connectivity index (χ2n) is 4.14. The fourth-order valence-corrected chi connectivity index (χ4v) is 3.41. The first-order valence-electron chi connectivity index (χ1n) is 5.48. The summed E-state index contributed by atoms with van der Waals surface area (Å²) in [4.78, 5) is 0. The fraction of sp³-hybridized carbons (Fsp3) is 0.700. The Kier molecular flexibility index (Phi) is 3.30. The van der Waals surface area contributed by atoms with Crippen LogP contribution in [0.15, 0.2) is 10.6 Å². The van der Waals surface area contributed by atoms with Crippen molar-refractivity contribution in [2.75, 3.05) is 13.1 Å². The van der Waals surface area contributed by atoms with Crippen molar-refractivity contribution in [1.29, 1.82) is 0 Å². The molecule has 1 aliphatic heterocycles. The number of nitrogens with zero attached hydrogens (tertiary/aromatic N) is 2. The summed E-state index contributed by atoms with van der Waals surface area (Å²) in [7, 11) is -3.21. The molecule has 1 saturated heterocycles. The van der Waals surface area contributed by atoms with E-state index in [0.717, 1.165) is 19.3 Å². The van der Waals surface area contributed by atoms with Crippen molar-refractivity contribution in [3.63, 3.8) is 0 Å². The average Bonchev–Trinajstić information content (AvgIpc) is 2.64. The third-order valence-electron chi connectivity index (χ3n) is 2.72. The van der Waals surface area contributed by atoms with E-state index in [4.69, 9.17) is 4.52 Å². The van der Waals surface area contributed by atoms with Gasteiger partial charge in [0, 0.05) is 19.2 Å². The number of sulfonamides is 1. The van der Waals surface area contributed by atoms with E-state index in [-0.39, 0.29) is 5.75 Å². The number of aryl methyl sites for hydroxylation is 1. The van der Waals surface area contributed by atoms with Crippen LogP contribution in [0.2, 0.25) is 0 Å². The van der Waals surface area contributed by atoms with Gasteiger partial charge in [-0.25, -0.2) is 12.7 Å². The van der Waals surface area contributed by atoms with Crippen LogP contribution in [0.4, 0.5) is 0 Å². The van der Waals surface area contributed by atoms with Crippen LogP contribution in [-0.2, 0) is 15.8 Å². The molecule has 2 heterocycles. The van der Waals surface area contributed by atoms with Crippen LogP contribution in [0.1, 0.15) is 30.7 Å². The van der Waals surface area contributed by atoms with Crippen LogP contribution < -0.4 is 0 Å². The van der Waals surface area contributed by atoms with Crippen LogP contribution in [0.25, 0.3) is 0 Å². The molecule has 1 aromatic heterocycles. The number of rotatable bonds is 3. The highest BCUT2D eigenvalue weighted by Gasteiger charge is 2.25. The summed E-state index contributed by atoms with van der Waals surface area (Å²) in [5.74, 6) is 0.591. The highest BCUT2D eigenvalue weighted by atomic mass is 32.2. The fourth-order valence-electron chi connectivity index (χ4n) is 1.91. The molecule has 0 aliphatic carbocycles. The van der Waals surface area contributed by atoms with E-state index in [1.165, 1.54) is 0 Å². The molecule has 1 aromatic rings. The van der Waals surface area contributed by atoms with Gasteiger partial charge in [0.05, 0.1) is 0 Å². The molecule has 90 valence electrons. The predicted molar refractivity (Wildman–Crippen MR) is 59.3 cm³/mol. The smallest absolute Gasteiger partial charge is 0.219 e. The van der Waals surface area contributed by atoms with Gasteiger partial charge in [-0.1, -0.05) is 11.6 Å². The zero-order valence-electron chi connectivity index (χ0n) is 9.35. The first kappa shape index (κ1) is 11.6. The Balaban J connectivity index is 2.07. The van der Waals surface area contributed by atoms with Crippen molar-refractivity contribution in [1.82, 2.24) is 9.46 Å². The number of piperidine rings is 1. The first-order chi connectivity index (χ1) is 7.58. The summed E-state index contributed by atoms with van der Waals surface area (Å²) < 4.78 is 30.4. The van der Waals surface area contributed by atoms with E-state index in [1.54, 1.807) is 17.3 Å². The maximum absolute atomic E-state index is 12.0. The molecule has 6 heteroatoms. The van der Waals surface area contributed by atoms with Gasteiger partial charge in [-0.3, -0.25) is 0 Å². The molecule has 0 bridgehead atoms. The van der Waals surface area contributed by atoms with Gasteiger partial charge in [0.25, 0.3) is 0 Å². The van der Waals surface area contributed by atoms with Crippen LogP contribution in [0.5, 0.6) is 0 Å². The summed E-state index contributed by atoms with van der Waals surface area (Å²) in [5, 5.41) is 3.71. The maximum atomic E-state index is 12.0. The van der Waals surface area contributed by atoms with Crippen LogP contribution >= 0.6 is 0 Å². The molecular formula is C10H16N2O3S. The van der Waals surface area contributed by atoms with Gasteiger partial charge in [-0.05, 0) is 19.8 Å². The normalized spacial score (nSPS) is 18.8. The van der Waals surface area contributed by atoms with E-state index in [2.05, 4.69) is 5.16 Å². The largest absolute Gasteiger partial charge is 0.361 e. The molecule has 0 unspecified atom stereocenters. The zero-order chi connectivity index (χ0) is 11.6. The molecule has 1 fully saturated rings. The Morgan fingerprint density at radius 2 is 2.06 bits per heavy atom. The summed E-state index contributed by atoms with van der Waals surface area (Å²) in [5.41, 5.74) is 0.489. The topological polar surface area (TPSA) is 63.4 Å². The number of hydrogen-bond acceptors (Lipinski definition) is 4. The molecule has 0 saturated carbocycles. The second-order valence-corrected chi connectivity index (χ2v) is 6.11. The predicted octanol–water partition coefficient (Wildman–Crippen LogP) is 1.30. The highest BCUT2D eigenvalue weighted by molar-refractivity contribution is 7.88. The minimum atomic E-state index is -3.21. The lowest BCUT2D eigenvalue weighted by molar-refractivity contribution is 0.345. The molecule has 2 rings (SSSR count). The Hall–Kier alpha value is -0.880. The molecule has 16 heavy (non-hydrogen) atoms. The van der Waals surface area contributed by atoms with Crippen molar-refractivity contribution in [3.05, 3.63) is 17.5 Å². The van der Waals surface area contributed by atoms with Crippen molar-refractivity contribution in [2.45, 2.75) is 31.9 Å². The van der Waals surface area contributed by atoms with Crippen LogP contribution in [0, 0.1) is 6.92 Å². The van der Waals surface area contributed by atoms with Gasteiger partial charge >= 0.3 is 0 Å². The Labute approximate surface area is 95.5 Å². The van der Waals surface area contributed by atoms with Crippen molar-refractivity contribution >= 4 is 10.0 Å². The standard InChI is InChI=1S/C10H16N2O3S/c1-9-7-10(11-15-9)8-16(13,14)12-5-3-2-4-6-12/h7H,2-6,8H2,1H3. The molecule has 0 spiro atoms. The summed E-state index contributed by atoms with van der Waals surface area (Å²) >= 11 is 0. The second kappa shape index (κ2) is 4.55. The van der Waals surface area contributed by atoms with Crippen LogP contribution in [-0.4, -0.2) is 31.0 Å². The maximum Gasteiger partial charge on any atom is 0.219 e. The monoisotopic (exact) mass is 244 g/mol. The molecule has 5 nitrogen and oxygen atoms in total. The Morgan fingerprint density at radius 1 is 1.38 bits per heavy atom. The molecule has 0 atom stereocenters. The van der Waals surface area contributed by atoms with Gasteiger partial charge in [0.1, 0.15) is 17.2 Å². The Bertz CT molecular complexity index is 446. The molecule has 0 radical (unpaired) electrons. The number of aromatic nitrogens is 1. The van der Waals surface area contributed by atoms with Crippen molar-refractivity contribution in [3.8, 4) is 0 Å². The summed E-state index contributed by atoms with van der Waals surface area (Å²) in [6.45, 7) is 3.03. The van der Waals surface area contributed by atoms with Gasteiger partial charge in [0.2, 0.25) is 10.0 Å². The number of hydrogen-bond donors (Lipinski definition) is 0. The Morgan fingerprint density at radius 3 is 2.62 bits per heavy atom. The SMILES string of the molecule is Cc1cc(CS(=O)(=O)N2CCCCC2)no1. The molecular weight excluding hydrogens is 228 g/mol. The van der Waals surface area contributed by atoms with Crippen LogP contribution in [0.3, 0.4) is 0 Å².